The second-order valence-corrected chi connectivity index (χ2v) is 4.41. The maximum absolute atomic E-state index is 11.2. The van der Waals surface area contributed by atoms with E-state index in [4.69, 9.17) is 5.73 Å². The first-order valence-electron chi connectivity index (χ1n) is 5.22. The summed E-state index contributed by atoms with van der Waals surface area (Å²) >= 11 is 0. The predicted molar refractivity (Wildman–Crippen MR) is 60.2 cm³/mol. The molecule has 1 aliphatic heterocycles. The van der Waals surface area contributed by atoms with Gasteiger partial charge in [-0.3, -0.25) is 4.79 Å². The summed E-state index contributed by atoms with van der Waals surface area (Å²) < 4.78 is 0. The van der Waals surface area contributed by atoms with Crippen LogP contribution in [0.25, 0.3) is 0 Å². The summed E-state index contributed by atoms with van der Waals surface area (Å²) in [4.78, 5) is 17.3. The first-order chi connectivity index (χ1) is 7.49. The topological polar surface area (TPSA) is 79.4 Å². The van der Waals surface area contributed by atoms with E-state index in [1.807, 2.05) is 4.90 Å². The Morgan fingerprint density at radius 3 is 3.00 bits per heavy atom. The van der Waals surface area contributed by atoms with Crippen LogP contribution in [-0.2, 0) is 0 Å². The van der Waals surface area contributed by atoms with Crippen LogP contribution in [0.1, 0.15) is 23.7 Å². The number of carbonyl (C=O) groups is 1. The molecule has 5 heteroatoms. The van der Waals surface area contributed by atoms with Gasteiger partial charge in [-0.05, 0) is 25.5 Å². The van der Waals surface area contributed by atoms with Gasteiger partial charge in [-0.2, -0.15) is 0 Å². The van der Waals surface area contributed by atoms with Gasteiger partial charge in [0.15, 0.2) is 0 Å². The lowest BCUT2D eigenvalue weighted by Gasteiger charge is -2.21. The van der Waals surface area contributed by atoms with Crippen LogP contribution < -0.4 is 10.6 Å². The van der Waals surface area contributed by atoms with Crippen LogP contribution in [0.5, 0.6) is 0 Å². The summed E-state index contributed by atoms with van der Waals surface area (Å²) in [6, 6.07) is 3.33. The molecular weight excluding hydrogens is 206 g/mol. The van der Waals surface area contributed by atoms with Crippen molar-refractivity contribution in [3.63, 3.8) is 0 Å². The highest BCUT2D eigenvalue weighted by Gasteiger charge is 2.33. The number of primary amides is 1. The second kappa shape index (κ2) is 3.75. The fourth-order valence-corrected chi connectivity index (χ4v) is 1.97. The molecule has 2 rings (SSSR count). The molecule has 0 radical (unpaired) electrons. The molecule has 1 unspecified atom stereocenters. The third-order valence-electron chi connectivity index (χ3n) is 2.80. The summed E-state index contributed by atoms with van der Waals surface area (Å²) in [7, 11) is 0. The Labute approximate surface area is 93.9 Å². The molecule has 5 nitrogen and oxygen atoms in total. The molecule has 1 saturated heterocycles. The van der Waals surface area contributed by atoms with E-state index in [-0.39, 0.29) is 0 Å². The number of pyridine rings is 1. The zero-order chi connectivity index (χ0) is 11.8. The Morgan fingerprint density at radius 1 is 1.69 bits per heavy atom. The van der Waals surface area contributed by atoms with Crippen molar-refractivity contribution in [3.8, 4) is 0 Å². The monoisotopic (exact) mass is 221 g/mol. The van der Waals surface area contributed by atoms with Gasteiger partial charge in [-0.1, -0.05) is 0 Å². The molecule has 1 aromatic heterocycles. The molecule has 0 bridgehead atoms. The summed E-state index contributed by atoms with van der Waals surface area (Å²) in [6.45, 7) is 2.94. The van der Waals surface area contributed by atoms with Gasteiger partial charge >= 0.3 is 0 Å². The largest absolute Gasteiger partial charge is 0.388 e. The van der Waals surface area contributed by atoms with Gasteiger partial charge in [-0.15, -0.1) is 0 Å². The normalized spacial score (nSPS) is 24.8. The highest BCUT2D eigenvalue weighted by Crippen LogP contribution is 2.26. The molecule has 0 aromatic carbocycles. The Kier molecular flexibility index (Phi) is 2.55. The highest BCUT2D eigenvalue weighted by atomic mass is 16.3. The first-order valence-corrected chi connectivity index (χ1v) is 5.22. The Hall–Kier alpha value is -1.62. The summed E-state index contributed by atoms with van der Waals surface area (Å²) in [5.74, 6) is 0.0717. The van der Waals surface area contributed by atoms with Crippen molar-refractivity contribution >= 4 is 11.7 Å². The van der Waals surface area contributed by atoms with Crippen molar-refractivity contribution in [1.29, 1.82) is 0 Å². The van der Waals surface area contributed by atoms with Crippen molar-refractivity contribution in [2.75, 3.05) is 18.0 Å². The smallest absolute Gasteiger partial charge is 0.252 e. The lowest BCUT2D eigenvalue weighted by atomic mass is 10.1. The Bertz CT molecular complexity index is 417. The van der Waals surface area contributed by atoms with E-state index in [0.29, 0.717) is 30.9 Å². The lowest BCUT2D eigenvalue weighted by molar-refractivity contribution is 0.0837. The van der Waals surface area contributed by atoms with Gasteiger partial charge in [0.1, 0.15) is 5.82 Å². The number of carbonyl (C=O) groups excluding carboxylic acids is 1. The van der Waals surface area contributed by atoms with Crippen molar-refractivity contribution < 1.29 is 9.90 Å². The summed E-state index contributed by atoms with van der Waals surface area (Å²) in [6.07, 6.45) is 2.29. The van der Waals surface area contributed by atoms with Gasteiger partial charge in [0, 0.05) is 19.3 Å². The van der Waals surface area contributed by atoms with Crippen LogP contribution in [0.15, 0.2) is 18.3 Å². The summed E-state index contributed by atoms with van der Waals surface area (Å²) in [5, 5.41) is 9.87. The van der Waals surface area contributed by atoms with Gasteiger partial charge < -0.3 is 15.7 Å². The number of nitrogens with zero attached hydrogens (tertiary/aromatic N) is 2. The minimum absolute atomic E-state index is 0.403. The van der Waals surface area contributed by atoms with Gasteiger partial charge in [0.2, 0.25) is 0 Å². The van der Waals surface area contributed by atoms with Crippen LogP contribution in [0, 0.1) is 0 Å². The van der Waals surface area contributed by atoms with E-state index < -0.39 is 11.5 Å². The molecule has 3 N–H and O–H groups in total. The molecule has 0 saturated carbocycles. The maximum Gasteiger partial charge on any atom is 0.252 e. The molecule has 86 valence electrons. The molecule has 1 aliphatic rings. The quantitative estimate of drug-likeness (QED) is 0.744. The van der Waals surface area contributed by atoms with E-state index in [0.717, 1.165) is 0 Å². The number of hydrogen-bond donors (Lipinski definition) is 2. The van der Waals surface area contributed by atoms with Crippen molar-refractivity contribution in [2.24, 2.45) is 5.73 Å². The first kappa shape index (κ1) is 10.9. The number of hydrogen-bond acceptors (Lipinski definition) is 4. The van der Waals surface area contributed by atoms with Crippen LogP contribution in [0.4, 0.5) is 5.82 Å². The number of aliphatic hydroxyl groups is 1. The SMILES string of the molecule is CC1(O)CCN(c2ncccc2C(N)=O)C1. The molecule has 1 fully saturated rings. The van der Waals surface area contributed by atoms with Gasteiger partial charge in [0.25, 0.3) is 5.91 Å². The molecule has 1 amide bonds. The van der Waals surface area contributed by atoms with Crippen LogP contribution in [0.3, 0.4) is 0 Å². The van der Waals surface area contributed by atoms with Crippen LogP contribution in [-0.4, -0.2) is 34.7 Å². The predicted octanol–water partition coefficient (Wildman–Crippen LogP) is 0.142. The van der Waals surface area contributed by atoms with E-state index in [1.165, 1.54) is 0 Å². The van der Waals surface area contributed by atoms with Gasteiger partial charge in [0.05, 0.1) is 11.2 Å². The molecule has 0 spiro atoms. The number of nitrogens with two attached hydrogens (primary N) is 1. The summed E-state index contributed by atoms with van der Waals surface area (Å²) in [5.41, 5.74) is 4.97. The van der Waals surface area contributed by atoms with Crippen molar-refractivity contribution in [2.45, 2.75) is 18.9 Å². The Morgan fingerprint density at radius 2 is 2.44 bits per heavy atom. The molecule has 1 atom stereocenters. The third kappa shape index (κ3) is 1.99. The number of rotatable bonds is 2. The van der Waals surface area contributed by atoms with Crippen molar-refractivity contribution in [1.82, 2.24) is 4.98 Å². The molecular formula is C11H15N3O2. The van der Waals surface area contributed by atoms with Crippen molar-refractivity contribution in [3.05, 3.63) is 23.9 Å². The minimum atomic E-state index is -0.716. The third-order valence-corrected chi connectivity index (χ3v) is 2.80. The number of aromatic nitrogens is 1. The number of β-amino-alcohol motifs (C(OH)–C–C–N with tert-alkyl or cyclic N) is 1. The maximum atomic E-state index is 11.2. The fourth-order valence-electron chi connectivity index (χ4n) is 1.97. The standard InChI is InChI=1S/C11H15N3O2/c1-11(16)4-6-14(7-11)10-8(9(12)15)3-2-5-13-10/h2-3,5,16H,4,6-7H2,1H3,(H2,12,15). The van der Waals surface area contributed by atoms with Crippen LogP contribution in [0.2, 0.25) is 0 Å². The average Bonchev–Trinajstić information content (AvgIpc) is 2.59. The number of amides is 1. The molecule has 1 aromatic rings. The zero-order valence-corrected chi connectivity index (χ0v) is 9.18. The second-order valence-electron chi connectivity index (χ2n) is 4.41. The van der Waals surface area contributed by atoms with Gasteiger partial charge in [-0.25, -0.2) is 4.98 Å². The number of anilines is 1. The minimum Gasteiger partial charge on any atom is -0.388 e. The Balaban J connectivity index is 2.31. The lowest BCUT2D eigenvalue weighted by Crippen LogP contribution is -2.31. The van der Waals surface area contributed by atoms with E-state index in [1.54, 1.807) is 25.3 Å². The van der Waals surface area contributed by atoms with E-state index >= 15 is 0 Å². The van der Waals surface area contributed by atoms with E-state index in [9.17, 15) is 9.90 Å². The molecule has 0 aliphatic carbocycles. The zero-order valence-electron chi connectivity index (χ0n) is 9.18. The highest BCUT2D eigenvalue weighted by molar-refractivity contribution is 5.97. The average molecular weight is 221 g/mol. The molecule has 16 heavy (non-hydrogen) atoms. The molecule has 2 heterocycles. The fraction of sp³-hybridized carbons (Fsp3) is 0.455. The van der Waals surface area contributed by atoms with E-state index in [2.05, 4.69) is 4.98 Å². The van der Waals surface area contributed by atoms with Crippen LogP contribution >= 0.6 is 0 Å².